The van der Waals surface area contributed by atoms with Crippen molar-refractivity contribution in [1.82, 2.24) is 5.32 Å². The number of benzene rings is 1. The molecule has 2 amide bonds. The SMILES string of the molecule is COc1ccc(NC(=O)CC(=O)NC(C)(C)C)cc1Cl. The van der Waals surface area contributed by atoms with Crippen molar-refractivity contribution in [3.8, 4) is 5.75 Å². The third kappa shape index (κ3) is 5.48. The number of rotatable bonds is 4. The summed E-state index contributed by atoms with van der Waals surface area (Å²) in [5, 5.41) is 5.72. The average molecular weight is 299 g/mol. The second-order valence-corrected chi connectivity index (χ2v) is 5.78. The number of anilines is 1. The van der Waals surface area contributed by atoms with E-state index in [1.54, 1.807) is 18.2 Å². The number of ether oxygens (including phenoxy) is 1. The molecule has 0 bridgehead atoms. The van der Waals surface area contributed by atoms with Crippen LogP contribution >= 0.6 is 11.6 Å². The molecule has 110 valence electrons. The third-order valence-corrected chi connectivity index (χ3v) is 2.57. The van der Waals surface area contributed by atoms with Crippen LogP contribution in [0.15, 0.2) is 18.2 Å². The minimum atomic E-state index is -0.395. The molecule has 0 aliphatic carbocycles. The van der Waals surface area contributed by atoms with Crippen LogP contribution in [0.25, 0.3) is 0 Å². The monoisotopic (exact) mass is 298 g/mol. The molecule has 0 atom stereocenters. The molecule has 0 spiro atoms. The Balaban J connectivity index is 2.58. The van der Waals surface area contributed by atoms with Crippen LogP contribution in [-0.4, -0.2) is 24.5 Å². The van der Waals surface area contributed by atoms with Crippen LogP contribution in [0.1, 0.15) is 27.2 Å². The molecule has 20 heavy (non-hydrogen) atoms. The fourth-order valence-electron chi connectivity index (χ4n) is 1.56. The fourth-order valence-corrected chi connectivity index (χ4v) is 1.82. The van der Waals surface area contributed by atoms with Crippen LogP contribution in [0.4, 0.5) is 5.69 Å². The van der Waals surface area contributed by atoms with Crippen molar-refractivity contribution in [1.29, 1.82) is 0 Å². The van der Waals surface area contributed by atoms with Gasteiger partial charge in [0.05, 0.1) is 12.1 Å². The lowest BCUT2D eigenvalue weighted by Gasteiger charge is -2.20. The van der Waals surface area contributed by atoms with Crippen LogP contribution < -0.4 is 15.4 Å². The molecule has 1 aromatic carbocycles. The molecule has 0 heterocycles. The number of halogens is 1. The zero-order valence-corrected chi connectivity index (χ0v) is 12.8. The normalized spacial score (nSPS) is 10.8. The highest BCUT2D eigenvalue weighted by Gasteiger charge is 2.16. The van der Waals surface area contributed by atoms with Gasteiger partial charge in [0.2, 0.25) is 11.8 Å². The van der Waals surface area contributed by atoms with Crippen molar-refractivity contribution in [3.63, 3.8) is 0 Å². The molecular weight excluding hydrogens is 280 g/mol. The molecule has 0 unspecified atom stereocenters. The first-order valence-corrected chi connectivity index (χ1v) is 6.53. The zero-order chi connectivity index (χ0) is 15.3. The Labute approximate surface area is 123 Å². The highest BCUT2D eigenvalue weighted by Crippen LogP contribution is 2.27. The summed E-state index contributed by atoms with van der Waals surface area (Å²) in [7, 11) is 1.51. The second-order valence-electron chi connectivity index (χ2n) is 5.37. The van der Waals surface area contributed by atoms with E-state index >= 15 is 0 Å². The van der Waals surface area contributed by atoms with Crippen LogP contribution in [0, 0.1) is 0 Å². The van der Waals surface area contributed by atoms with E-state index in [0.29, 0.717) is 16.5 Å². The molecule has 6 heteroatoms. The van der Waals surface area contributed by atoms with Crippen LogP contribution in [0.2, 0.25) is 5.02 Å². The van der Waals surface area contributed by atoms with Gasteiger partial charge in [-0.25, -0.2) is 0 Å². The molecule has 0 aromatic heterocycles. The van der Waals surface area contributed by atoms with Gasteiger partial charge in [0.15, 0.2) is 0 Å². The molecule has 0 fully saturated rings. The lowest BCUT2D eigenvalue weighted by molar-refractivity contribution is -0.127. The fraction of sp³-hybridized carbons (Fsp3) is 0.429. The first-order valence-electron chi connectivity index (χ1n) is 6.15. The lowest BCUT2D eigenvalue weighted by atomic mass is 10.1. The molecule has 2 N–H and O–H groups in total. The van der Waals surface area contributed by atoms with Crippen molar-refractivity contribution in [2.24, 2.45) is 0 Å². The summed E-state index contributed by atoms with van der Waals surface area (Å²) in [6.45, 7) is 5.56. The van der Waals surface area contributed by atoms with Gasteiger partial charge in [-0.05, 0) is 39.0 Å². The maximum absolute atomic E-state index is 11.7. The Kier molecular flexibility index (Phi) is 5.39. The number of hydrogen-bond donors (Lipinski definition) is 2. The van der Waals surface area contributed by atoms with E-state index in [1.807, 2.05) is 20.8 Å². The topological polar surface area (TPSA) is 67.4 Å². The van der Waals surface area contributed by atoms with Crippen molar-refractivity contribution in [3.05, 3.63) is 23.2 Å². The van der Waals surface area contributed by atoms with E-state index in [9.17, 15) is 9.59 Å². The summed E-state index contributed by atoms with van der Waals surface area (Å²) in [6.07, 6.45) is -0.235. The van der Waals surface area contributed by atoms with Gasteiger partial charge in [0, 0.05) is 11.2 Å². The largest absolute Gasteiger partial charge is 0.495 e. The summed E-state index contributed by atoms with van der Waals surface area (Å²) in [6, 6.07) is 4.87. The van der Waals surface area contributed by atoms with Gasteiger partial charge in [0.1, 0.15) is 12.2 Å². The van der Waals surface area contributed by atoms with Crippen LogP contribution in [0.5, 0.6) is 5.75 Å². The minimum absolute atomic E-state index is 0.235. The quantitative estimate of drug-likeness (QED) is 0.840. The Morgan fingerprint density at radius 2 is 1.90 bits per heavy atom. The summed E-state index contributed by atoms with van der Waals surface area (Å²) >= 11 is 5.95. The number of amides is 2. The van der Waals surface area contributed by atoms with Crippen molar-refractivity contribution < 1.29 is 14.3 Å². The highest BCUT2D eigenvalue weighted by atomic mass is 35.5. The maximum atomic E-state index is 11.7. The standard InChI is InChI=1S/C14H19ClN2O3/c1-14(2,3)17-13(19)8-12(18)16-9-5-6-11(20-4)10(15)7-9/h5-7H,8H2,1-4H3,(H,16,18)(H,17,19). The summed E-state index contributed by atoms with van der Waals surface area (Å²) < 4.78 is 5.02. The molecule has 0 aliphatic rings. The Morgan fingerprint density at radius 3 is 2.40 bits per heavy atom. The van der Waals surface area contributed by atoms with E-state index < -0.39 is 5.91 Å². The first-order chi connectivity index (χ1) is 9.21. The van der Waals surface area contributed by atoms with Gasteiger partial charge in [0.25, 0.3) is 0 Å². The molecule has 1 rings (SSSR count). The number of carbonyl (C=O) groups excluding carboxylic acids is 2. The van der Waals surface area contributed by atoms with Gasteiger partial charge < -0.3 is 15.4 Å². The zero-order valence-electron chi connectivity index (χ0n) is 12.0. The lowest BCUT2D eigenvalue weighted by Crippen LogP contribution is -2.41. The number of carbonyl (C=O) groups is 2. The molecular formula is C14H19ClN2O3. The van der Waals surface area contributed by atoms with Crippen LogP contribution in [0.3, 0.4) is 0 Å². The van der Waals surface area contributed by atoms with Crippen molar-refractivity contribution >= 4 is 29.1 Å². The number of nitrogens with one attached hydrogen (secondary N) is 2. The molecule has 0 saturated heterocycles. The van der Waals surface area contributed by atoms with Gasteiger partial charge in [-0.15, -0.1) is 0 Å². The minimum Gasteiger partial charge on any atom is -0.495 e. The van der Waals surface area contributed by atoms with E-state index in [1.165, 1.54) is 7.11 Å². The number of hydrogen-bond acceptors (Lipinski definition) is 3. The van der Waals surface area contributed by atoms with Gasteiger partial charge in [-0.1, -0.05) is 11.6 Å². The van der Waals surface area contributed by atoms with Gasteiger partial charge >= 0.3 is 0 Å². The summed E-state index contributed by atoms with van der Waals surface area (Å²) in [4.78, 5) is 23.3. The second kappa shape index (κ2) is 6.61. The maximum Gasteiger partial charge on any atom is 0.233 e. The first kappa shape index (κ1) is 16.3. The van der Waals surface area contributed by atoms with E-state index in [4.69, 9.17) is 16.3 Å². The van der Waals surface area contributed by atoms with E-state index in [2.05, 4.69) is 10.6 Å². The molecule has 0 radical (unpaired) electrons. The Bertz CT molecular complexity index is 510. The summed E-state index contributed by atoms with van der Waals surface area (Å²) in [5.74, 6) is -0.197. The van der Waals surface area contributed by atoms with Crippen LogP contribution in [-0.2, 0) is 9.59 Å². The predicted molar refractivity (Wildman–Crippen MR) is 79.1 cm³/mol. The Hall–Kier alpha value is -1.75. The van der Waals surface area contributed by atoms with Gasteiger partial charge in [-0.2, -0.15) is 0 Å². The molecule has 5 nitrogen and oxygen atoms in total. The molecule has 0 aliphatic heterocycles. The van der Waals surface area contributed by atoms with Gasteiger partial charge in [-0.3, -0.25) is 9.59 Å². The Morgan fingerprint density at radius 1 is 1.25 bits per heavy atom. The number of methoxy groups -OCH3 is 1. The molecule has 0 saturated carbocycles. The molecule has 1 aromatic rings. The predicted octanol–water partition coefficient (Wildman–Crippen LogP) is 2.59. The van der Waals surface area contributed by atoms with Crippen molar-refractivity contribution in [2.75, 3.05) is 12.4 Å². The average Bonchev–Trinajstić information content (AvgIpc) is 2.25. The summed E-state index contributed by atoms with van der Waals surface area (Å²) in [5.41, 5.74) is 0.158. The third-order valence-electron chi connectivity index (χ3n) is 2.27. The van der Waals surface area contributed by atoms with Crippen molar-refractivity contribution in [2.45, 2.75) is 32.7 Å². The highest BCUT2D eigenvalue weighted by molar-refractivity contribution is 6.32. The smallest absolute Gasteiger partial charge is 0.233 e. The van der Waals surface area contributed by atoms with E-state index in [0.717, 1.165) is 0 Å². The van der Waals surface area contributed by atoms with E-state index in [-0.39, 0.29) is 17.9 Å².